The number of hydrogen-bond acceptors (Lipinski definition) is 2. The smallest absolute Gasteiger partial charge is 0.205 e. The molecule has 0 radical (unpaired) electrons. The van der Waals surface area contributed by atoms with Crippen molar-refractivity contribution in [1.82, 2.24) is 0 Å². The van der Waals surface area contributed by atoms with Crippen molar-refractivity contribution >= 4 is 16.2 Å². The Kier molecular flexibility index (Phi) is 5.62. The summed E-state index contributed by atoms with van der Waals surface area (Å²) in [5, 5.41) is 0. The van der Waals surface area contributed by atoms with Crippen LogP contribution in [0.3, 0.4) is 0 Å². The molecule has 2 nitrogen and oxygen atoms in total. The Bertz CT molecular complexity index is 117. The third-order valence-electron chi connectivity index (χ3n) is 1.34. The van der Waals surface area contributed by atoms with E-state index in [9.17, 15) is 4.57 Å². The van der Waals surface area contributed by atoms with Gasteiger partial charge in [0, 0.05) is 21.1 Å². The molecule has 0 spiro atoms. The van der Waals surface area contributed by atoms with Crippen LogP contribution in [0, 0.1) is 0 Å². The van der Waals surface area contributed by atoms with Gasteiger partial charge in [0.2, 0.25) is 7.37 Å². The maximum absolute atomic E-state index is 11.5. The average Bonchev–Trinajstić information content (AvgIpc) is 2.00. The van der Waals surface area contributed by atoms with Crippen molar-refractivity contribution in [1.29, 1.82) is 0 Å². The molecule has 1 unspecified atom stereocenters. The molecule has 0 aromatic carbocycles. The minimum Gasteiger partial charge on any atom is -0.309 e. The number of rotatable bonds is 5. The summed E-state index contributed by atoms with van der Waals surface area (Å²) < 4.78 is 16.8. The second-order valence-electron chi connectivity index (χ2n) is 2.04. The van der Waals surface area contributed by atoms with Crippen LogP contribution in [0.2, 0.25) is 0 Å². The standard InChI is InChI=1S/C6H16O2P2/c1-4-9-8-10(7,5-2)6-3/h9H,4-6H2,1-3H3. The SMILES string of the molecule is CCPOP(=O)(CC)CC. The van der Waals surface area contributed by atoms with Crippen LogP contribution in [0.25, 0.3) is 0 Å². The van der Waals surface area contributed by atoms with Gasteiger partial charge in [0.25, 0.3) is 0 Å². The molecule has 0 aliphatic rings. The Morgan fingerprint density at radius 3 is 2.10 bits per heavy atom. The van der Waals surface area contributed by atoms with Crippen LogP contribution in [0.1, 0.15) is 20.8 Å². The van der Waals surface area contributed by atoms with Crippen molar-refractivity contribution in [2.75, 3.05) is 18.5 Å². The van der Waals surface area contributed by atoms with Gasteiger partial charge in [-0.3, -0.25) is 4.57 Å². The molecule has 0 fully saturated rings. The van der Waals surface area contributed by atoms with Crippen LogP contribution < -0.4 is 0 Å². The van der Waals surface area contributed by atoms with E-state index in [4.69, 9.17) is 4.31 Å². The summed E-state index contributed by atoms with van der Waals surface area (Å²) in [6, 6.07) is 0. The third kappa shape index (κ3) is 3.71. The molecule has 0 amide bonds. The van der Waals surface area contributed by atoms with E-state index >= 15 is 0 Å². The Morgan fingerprint density at radius 2 is 1.80 bits per heavy atom. The van der Waals surface area contributed by atoms with Gasteiger partial charge >= 0.3 is 0 Å². The summed E-state index contributed by atoms with van der Waals surface area (Å²) in [7, 11) is -1.77. The minimum absolute atomic E-state index is 0.417. The van der Waals surface area contributed by atoms with Crippen LogP contribution in [0.4, 0.5) is 0 Å². The van der Waals surface area contributed by atoms with E-state index in [-0.39, 0.29) is 0 Å². The topological polar surface area (TPSA) is 26.3 Å². The largest absolute Gasteiger partial charge is 0.309 e. The molecule has 0 bridgehead atoms. The lowest BCUT2D eigenvalue weighted by atomic mass is 11.0. The van der Waals surface area contributed by atoms with Gasteiger partial charge in [-0.05, 0) is 6.16 Å². The van der Waals surface area contributed by atoms with Gasteiger partial charge in [-0.25, -0.2) is 0 Å². The number of hydrogen-bond donors (Lipinski definition) is 0. The van der Waals surface area contributed by atoms with Gasteiger partial charge in [0.1, 0.15) is 0 Å². The first-order chi connectivity index (χ1) is 4.68. The molecule has 0 aliphatic heterocycles. The Labute approximate surface area is 65.1 Å². The molecule has 0 saturated heterocycles. The van der Waals surface area contributed by atoms with E-state index < -0.39 is 7.37 Å². The molecule has 0 aliphatic carbocycles. The van der Waals surface area contributed by atoms with Gasteiger partial charge in [0.15, 0.2) is 0 Å². The predicted molar refractivity (Wildman–Crippen MR) is 48.6 cm³/mol. The van der Waals surface area contributed by atoms with E-state index in [2.05, 4.69) is 0 Å². The maximum Gasteiger partial charge on any atom is 0.205 e. The van der Waals surface area contributed by atoms with Crippen LogP contribution >= 0.6 is 16.2 Å². The zero-order valence-corrected chi connectivity index (χ0v) is 8.78. The summed E-state index contributed by atoms with van der Waals surface area (Å²) in [4.78, 5) is 0. The highest BCUT2D eigenvalue weighted by Crippen LogP contribution is 2.51. The molecule has 0 rings (SSSR count). The first-order valence-corrected chi connectivity index (χ1v) is 6.79. The van der Waals surface area contributed by atoms with Crippen molar-refractivity contribution < 1.29 is 8.88 Å². The monoisotopic (exact) mass is 182 g/mol. The van der Waals surface area contributed by atoms with Crippen molar-refractivity contribution in [3.05, 3.63) is 0 Å². The predicted octanol–water partition coefficient (Wildman–Crippen LogP) is 2.93. The van der Waals surface area contributed by atoms with Gasteiger partial charge in [0.05, 0.1) is 0 Å². The van der Waals surface area contributed by atoms with Crippen LogP contribution in [0.5, 0.6) is 0 Å². The van der Waals surface area contributed by atoms with Crippen molar-refractivity contribution in [2.24, 2.45) is 0 Å². The molecule has 10 heavy (non-hydrogen) atoms. The third-order valence-corrected chi connectivity index (χ3v) is 5.40. The van der Waals surface area contributed by atoms with E-state index in [1.165, 1.54) is 0 Å². The summed E-state index contributed by atoms with van der Waals surface area (Å²) >= 11 is 0. The maximum atomic E-state index is 11.5. The van der Waals surface area contributed by atoms with Crippen LogP contribution in [-0.2, 0) is 8.88 Å². The highest BCUT2D eigenvalue weighted by atomic mass is 31.2. The second-order valence-corrected chi connectivity index (χ2v) is 6.66. The molecule has 0 aromatic rings. The van der Waals surface area contributed by atoms with Gasteiger partial charge in [-0.15, -0.1) is 0 Å². The van der Waals surface area contributed by atoms with Crippen LogP contribution in [0.15, 0.2) is 0 Å². The lowest BCUT2D eigenvalue weighted by molar-refractivity contribution is 0.509. The minimum atomic E-state index is -2.19. The first-order valence-electron chi connectivity index (χ1n) is 3.68. The van der Waals surface area contributed by atoms with Gasteiger partial charge < -0.3 is 4.31 Å². The van der Waals surface area contributed by atoms with Gasteiger partial charge in [-0.1, -0.05) is 20.8 Å². The molecule has 62 valence electrons. The highest BCUT2D eigenvalue weighted by molar-refractivity contribution is 7.64. The average molecular weight is 182 g/mol. The Hall–Kier alpha value is 0.620. The van der Waals surface area contributed by atoms with Crippen molar-refractivity contribution in [2.45, 2.75) is 20.8 Å². The zero-order chi connectivity index (χ0) is 8.04. The quantitative estimate of drug-likeness (QED) is 0.611. The molecule has 1 atom stereocenters. The molecule has 0 N–H and O–H groups in total. The fourth-order valence-electron chi connectivity index (χ4n) is 0.535. The van der Waals surface area contributed by atoms with Crippen molar-refractivity contribution in [3.63, 3.8) is 0 Å². The van der Waals surface area contributed by atoms with E-state index in [1.807, 2.05) is 20.8 Å². The summed E-state index contributed by atoms with van der Waals surface area (Å²) in [6.45, 7) is 5.88. The van der Waals surface area contributed by atoms with E-state index in [1.54, 1.807) is 0 Å². The molecular formula is C6H16O2P2. The van der Waals surface area contributed by atoms with Crippen molar-refractivity contribution in [3.8, 4) is 0 Å². The summed E-state index contributed by atoms with van der Waals surface area (Å²) in [6.07, 6.45) is 2.33. The fraction of sp³-hybridized carbons (Fsp3) is 1.00. The Balaban J connectivity index is 3.70. The Morgan fingerprint density at radius 1 is 1.30 bits per heavy atom. The molecule has 0 saturated carbocycles. The second kappa shape index (κ2) is 5.29. The van der Waals surface area contributed by atoms with Gasteiger partial charge in [-0.2, -0.15) is 0 Å². The molecule has 4 heteroatoms. The summed E-state index contributed by atoms with van der Waals surface area (Å²) in [5.41, 5.74) is 0. The molecule has 0 heterocycles. The fourth-order valence-corrected chi connectivity index (χ4v) is 3.47. The highest BCUT2D eigenvalue weighted by Gasteiger charge is 2.16. The first kappa shape index (κ1) is 10.6. The van der Waals surface area contributed by atoms with E-state index in [0.717, 1.165) is 6.16 Å². The molecule has 0 aromatic heterocycles. The lowest BCUT2D eigenvalue weighted by Crippen LogP contribution is -1.88. The molecular weight excluding hydrogens is 166 g/mol. The summed E-state index contributed by atoms with van der Waals surface area (Å²) in [5.74, 6) is 0. The lowest BCUT2D eigenvalue weighted by Gasteiger charge is -2.12. The zero-order valence-electron chi connectivity index (χ0n) is 6.89. The normalized spacial score (nSPS) is 13.1. The van der Waals surface area contributed by atoms with Crippen LogP contribution in [-0.4, -0.2) is 18.5 Å². The van der Waals surface area contributed by atoms with E-state index in [0.29, 0.717) is 21.1 Å².